The average Bonchev–Trinajstić information content (AvgIpc) is 2.78. The number of anilines is 1. The molecule has 19 heavy (non-hydrogen) atoms. The Morgan fingerprint density at radius 2 is 1.89 bits per heavy atom. The van der Waals surface area contributed by atoms with Gasteiger partial charge in [-0.2, -0.15) is 0 Å². The van der Waals surface area contributed by atoms with Crippen molar-refractivity contribution in [1.82, 2.24) is 10.2 Å². The van der Waals surface area contributed by atoms with E-state index in [-0.39, 0.29) is 9.47 Å². The van der Waals surface area contributed by atoms with Gasteiger partial charge in [-0.25, -0.2) is 13.6 Å². The fraction of sp³-hybridized carbons (Fsp3) is 0. The van der Waals surface area contributed by atoms with Gasteiger partial charge in [-0.05, 0) is 46.9 Å². The first-order chi connectivity index (χ1) is 8.86. The maximum atomic E-state index is 11.8. The molecule has 2 rings (SSSR count). The molecular weight excluding hydrogens is 403 g/mol. The maximum Gasteiger partial charge on any atom is 0.267 e. The standard InChI is InChI=1S/C9H7IN4O3S2/c10-6-3-1-5(2-4-6)7(15)12-8-13-14-9(18-8)19(11,16)17/h1-4H,(H2,11,16,17)(H,12,13,15). The summed E-state index contributed by atoms with van der Waals surface area (Å²) < 4.78 is 22.7. The molecule has 0 radical (unpaired) electrons. The van der Waals surface area contributed by atoms with Gasteiger partial charge in [0.25, 0.3) is 15.9 Å². The first kappa shape index (κ1) is 14.3. The summed E-state index contributed by atoms with van der Waals surface area (Å²) in [5, 5.41) is 14.4. The number of hydrogen-bond acceptors (Lipinski definition) is 6. The smallest absolute Gasteiger partial charge is 0.267 e. The number of benzene rings is 1. The third kappa shape index (κ3) is 3.68. The van der Waals surface area contributed by atoms with E-state index >= 15 is 0 Å². The quantitative estimate of drug-likeness (QED) is 0.580. The van der Waals surface area contributed by atoms with Crippen molar-refractivity contribution in [1.29, 1.82) is 0 Å². The minimum Gasteiger partial charge on any atom is -0.296 e. The van der Waals surface area contributed by atoms with Crippen LogP contribution >= 0.6 is 33.9 Å². The Balaban J connectivity index is 2.15. The Morgan fingerprint density at radius 1 is 1.26 bits per heavy atom. The van der Waals surface area contributed by atoms with Gasteiger partial charge in [-0.1, -0.05) is 11.3 Å². The molecule has 0 bridgehead atoms. The van der Waals surface area contributed by atoms with E-state index in [1.807, 2.05) is 0 Å². The van der Waals surface area contributed by atoms with Crippen molar-refractivity contribution in [3.05, 3.63) is 33.4 Å². The summed E-state index contributed by atoms with van der Waals surface area (Å²) in [7, 11) is -3.90. The summed E-state index contributed by atoms with van der Waals surface area (Å²) in [6, 6.07) is 6.87. The lowest BCUT2D eigenvalue weighted by Crippen LogP contribution is -2.11. The molecule has 0 atom stereocenters. The van der Waals surface area contributed by atoms with Gasteiger partial charge in [0, 0.05) is 9.13 Å². The highest BCUT2D eigenvalue weighted by molar-refractivity contribution is 14.1. The molecule has 0 spiro atoms. The van der Waals surface area contributed by atoms with Crippen molar-refractivity contribution in [2.45, 2.75) is 4.34 Å². The zero-order valence-electron chi connectivity index (χ0n) is 9.20. The largest absolute Gasteiger partial charge is 0.296 e. The Hall–Kier alpha value is -1.11. The Bertz CT molecular complexity index is 711. The van der Waals surface area contributed by atoms with Crippen molar-refractivity contribution in [3.8, 4) is 0 Å². The Kier molecular flexibility index (Phi) is 4.13. The lowest BCUT2D eigenvalue weighted by molar-refractivity contribution is 0.102. The van der Waals surface area contributed by atoms with E-state index in [9.17, 15) is 13.2 Å². The molecule has 0 saturated carbocycles. The van der Waals surface area contributed by atoms with Crippen LogP contribution in [0.4, 0.5) is 5.13 Å². The minimum absolute atomic E-state index is 0.0765. The van der Waals surface area contributed by atoms with Crippen molar-refractivity contribution in [3.63, 3.8) is 0 Å². The van der Waals surface area contributed by atoms with Gasteiger partial charge in [0.05, 0.1) is 0 Å². The van der Waals surface area contributed by atoms with Crippen molar-refractivity contribution in [2.24, 2.45) is 5.14 Å². The number of aromatic nitrogens is 2. The molecule has 100 valence electrons. The third-order valence-corrected chi connectivity index (χ3v) is 4.84. The number of hydrogen-bond donors (Lipinski definition) is 2. The fourth-order valence-corrected chi connectivity index (χ4v) is 2.83. The van der Waals surface area contributed by atoms with Crippen molar-refractivity contribution in [2.75, 3.05) is 5.32 Å². The summed E-state index contributed by atoms with van der Waals surface area (Å²) in [6.45, 7) is 0. The molecule has 0 aliphatic carbocycles. The number of amides is 1. The molecule has 1 amide bonds. The van der Waals surface area contributed by atoms with Gasteiger partial charge in [0.15, 0.2) is 0 Å². The molecule has 1 heterocycles. The second-order valence-corrected chi connectivity index (χ2v) is 7.34. The van der Waals surface area contributed by atoms with Gasteiger partial charge in [0.1, 0.15) is 0 Å². The van der Waals surface area contributed by atoms with Crippen LogP contribution in [-0.2, 0) is 10.0 Å². The van der Waals surface area contributed by atoms with Crippen LogP contribution in [0.5, 0.6) is 0 Å². The molecule has 7 nitrogen and oxygen atoms in total. The molecule has 0 saturated heterocycles. The normalized spacial score (nSPS) is 11.3. The topological polar surface area (TPSA) is 115 Å². The lowest BCUT2D eigenvalue weighted by atomic mass is 10.2. The molecule has 1 aromatic heterocycles. The van der Waals surface area contributed by atoms with Gasteiger partial charge in [-0.3, -0.25) is 10.1 Å². The number of nitrogens with one attached hydrogen (secondary N) is 1. The van der Waals surface area contributed by atoms with Gasteiger partial charge in [-0.15, -0.1) is 10.2 Å². The van der Waals surface area contributed by atoms with Crippen LogP contribution in [0.3, 0.4) is 0 Å². The maximum absolute atomic E-state index is 11.8. The van der Waals surface area contributed by atoms with Crippen LogP contribution in [0.25, 0.3) is 0 Å². The molecule has 0 aliphatic heterocycles. The number of carbonyl (C=O) groups is 1. The number of sulfonamides is 1. The van der Waals surface area contributed by atoms with E-state index in [0.717, 1.165) is 3.57 Å². The van der Waals surface area contributed by atoms with Crippen LogP contribution < -0.4 is 10.5 Å². The predicted molar refractivity (Wildman–Crippen MR) is 78.4 cm³/mol. The molecular formula is C9H7IN4O3S2. The number of rotatable bonds is 3. The first-order valence-corrected chi connectivity index (χ1v) is 8.23. The van der Waals surface area contributed by atoms with Crippen molar-refractivity contribution < 1.29 is 13.2 Å². The molecule has 1 aromatic carbocycles. The first-order valence-electron chi connectivity index (χ1n) is 4.79. The van der Waals surface area contributed by atoms with Crippen LogP contribution in [0.2, 0.25) is 0 Å². The van der Waals surface area contributed by atoms with Crippen LogP contribution in [-0.4, -0.2) is 24.5 Å². The van der Waals surface area contributed by atoms with E-state index in [2.05, 4.69) is 38.1 Å². The summed E-state index contributed by atoms with van der Waals surface area (Å²) in [5.41, 5.74) is 0.438. The van der Waals surface area contributed by atoms with E-state index in [1.165, 1.54) is 0 Å². The van der Waals surface area contributed by atoms with E-state index < -0.39 is 15.9 Å². The highest BCUT2D eigenvalue weighted by Gasteiger charge is 2.16. The third-order valence-electron chi connectivity index (χ3n) is 1.98. The average molecular weight is 410 g/mol. The second-order valence-electron chi connectivity index (χ2n) is 3.38. The van der Waals surface area contributed by atoms with Crippen LogP contribution in [0, 0.1) is 3.57 Å². The molecule has 2 aromatic rings. The molecule has 0 unspecified atom stereocenters. The zero-order chi connectivity index (χ0) is 14.0. The highest BCUT2D eigenvalue weighted by atomic mass is 127. The SMILES string of the molecule is NS(=O)(=O)c1nnc(NC(=O)c2ccc(I)cc2)s1. The molecule has 10 heteroatoms. The molecule has 3 N–H and O–H groups in total. The summed E-state index contributed by atoms with van der Waals surface area (Å²) in [4.78, 5) is 11.8. The van der Waals surface area contributed by atoms with Gasteiger partial charge < -0.3 is 0 Å². The predicted octanol–water partition coefficient (Wildman–Crippen LogP) is 1.04. The number of nitrogens with zero attached hydrogens (tertiary/aromatic N) is 2. The number of halogens is 1. The highest BCUT2D eigenvalue weighted by Crippen LogP contribution is 2.19. The van der Waals surface area contributed by atoms with Gasteiger partial charge in [0.2, 0.25) is 9.47 Å². The zero-order valence-corrected chi connectivity index (χ0v) is 13.0. The van der Waals surface area contributed by atoms with Crippen molar-refractivity contribution >= 4 is 55.0 Å². The summed E-state index contributed by atoms with van der Waals surface area (Å²) >= 11 is 2.82. The van der Waals surface area contributed by atoms with Crippen LogP contribution in [0.1, 0.15) is 10.4 Å². The Morgan fingerprint density at radius 3 is 2.42 bits per heavy atom. The fourth-order valence-electron chi connectivity index (χ4n) is 1.15. The number of carbonyl (C=O) groups excluding carboxylic acids is 1. The summed E-state index contributed by atoms with van der Waals surface area (Å²) in [6.07, 6.45) is 0. The minimum atomic E-state index is -3.90. The number of primary sulfonamides is 1. The second kappa shape index (κ2) is 5.48. The lowest BCUT2D eigenvalue weighted by Gasteiger charge is -2.00. The number of nitrogens with two attached hydrogens (primary N) is 1. The molecule has 0 aliphatic rings. The van der Waals surface area contributed by atoms with E-state index in [4.69, 9.17) is 5.14 Å². The van der Waals surface area contributed by atoms with Gasteiger partial charge >= 0.3 is 0 Å². The summed E-state index contributed by atoms with van der Waals surface area (Å²) in [5.74, 6) is -0.395. The van der Waals surface area contributed by atoms with E-state index in [1.54, 1.807) is 24.3 Å². The van der Waals surface area contributed by atoms with Crippen LogP contribution in [0.15, 0.2) is 28.6 Å². The Labute approximate surface area is 126 Å². The monoisotopic (exact) mass is 410 g/mol. The van der Waals surface area contributed by atoms with E-state index in [0.29, 0.717) is 16.9 Å². The molecule has 0 fully saturated rings.